The minimum Gasteiger partial charge on any atom is -0.328 e. The number of nitrogens with zero attached hydrogens (tertiary/aromatic N) is 1. The van der Waals surface area contributed by atoms with Crippen molar-refractivity contribution in [3.63, 3.8) is 0 Å². The Labute approximate surface area is 142 Å². The van der Waals surface area contributed by atoms with Gasteiger partial charge in [0.1, 0.15) is 0 Å². The predicted octanol–water partition coefficient (Wildman–Crippen LogP) is 5.85. The van der Waals surface area contributed by atoms with Crippen LogP contribution in [0.2, 0.25) is 0 Å². The van der Waals surface area contributed by atoms with Crippen molar-refractivity contribution in [3.05, 3.63) is 24.3 Å². The molecule has 0 atom stereocenters. The third-order valence-corrected chi connectivity index (χ3v) is 6.76. The van der Waals surface area contributed by atoms with E-state index in [0.29, 0.717) is 11.3 Å². The molecule has 3 rings (SSSR count). The fraction of sp³-hybridized carbons (Fsp3) is 0.611. The van der Waals surface area contributed by atoms with Gasteiger partial charge in [-0.3, -0.25) is 0 Å². The standard InChI is InChI=1S/C12H15NS2.C6H13N/c1-3-9(4-2)14-12-13-10-7-5-6-8-11(10)15-12;7-6-4-2-1-3-5-6/h5-9H,3-4H2,1-2H3;6H,1-5,7H2. The van der Waals surface area contributed by atoms with Gasteiger partial charge in [0.25, 0.3) is 0 Å². The van der Waals surface area contributed by atoms with Crippen molar-refractivity contribution in [2.45, 2.75) is 74.4 Å². The van der Waals surface area contributed by atoms with Crippen LogP contribution in [0, 0.1) is 0 Å². The quantitative estimate of drug-likeness (QED) is 0.711. The maximum Gasteiger partial charge on any atom is 0.151 e. The van der Waals surface area contributed by atoms with Crippen molar-refractivity contribution in [2.24, 2.45) is 5.73 Å². The zero-order valence-electron chi connectivity index (χ0n) is 13.8. The first-order chi connectivity index (χ1) is 10.7. The van der Waals surface area contributed by atoms with Crippen molar-refractivity contribution < 1.29 is 0 Å². The highest BCUT2D eigenvalue weighted by Gasteiger charge is 2.09. The molecule has 1 saturated carbocycles. The molecule has 1 aromatic carbocycles. The molecule has 1 aliphatic carbocycles. The minimum absolute atomic E-state index is 0.536. The Hall–Kier alpha value is -0.580. The first kappa shape index (κ1) is 17.8. The van der Waals surface area contributed by atoms with E-state index in [-0.39, 0.29) is 0 Å². The lowest BCUT2D eigenvalue weighted by molar-refractivity contribution is 0.441. The molecule has 1 aromatic heterocycles. The van der Waals surface area contributed by atoms with Crippen molar-refractivity contribution in [1.82, 2.24) is 4.98 Å². The topological polar surface area (TPSA) is 38.9 Å². The van der Waals surface area contributed by atoms with Gasteiger partial charge in [-0.25, -0.2) is 4.98 Å². The molecule has 122 valence electrons. The predicted molar refractivity (Wildman–Crippen MR) is 101 cm³/mol. The number of nitrogens with two attached hydrogens (primary N) is 1. The summed E-state index contributed by atoms with van der Waals surface area (Å²) in [7, 11) is 0. The van der Waals surface area contributed by atoms with Gasteiger partial charge in [0, 0.05) is 11.3 Å². The van der Waals surface area contributed by atoms with Crippen molar-refractivity contribution in [3.8, 4) is 0 Å². The van der Waals surface area contributed by atoms with Crippen LogP contribution in [0.4, 0.5) is 0 Å². The molecule has 0 aliphatic heterocycles. The van der Waals surface area contributed by atoms with Gasteiger partial charge in [-0.1, -0.05) is 57.0 Å². The van der Waals surface area contributed by atoms with E-state index >= 15 is 0 Å². The Bertz CT molecular complexity index is 510. The van der Waals surface area contributed by atoms with E-state index in [2.05, 4.69) is 37.0 Å². The average molecular weight is 337 g/mol. The number of hydrogen-bond acceptors (Lipinski definition) is 4. The van der Waals surface area contributed by atoms with Gasteiger partial charge in [-0.2, -0.15) is 0 Å². The van der Waals surface area contributed by atoms with E-state index in [1.807, 2.05) is 29.2 Å². The Kier molecular flexibility index (Phi) is 7.70. The van der Waals surface area contributed by atoms with E-state index in [0.717, 1.165) is 5.52 Å². The van der Waals surface area contributed by atoms with E-state index in [4.69, 9.17) is 5.73 Å². The van der Waals surface area contributed by atoms with Crippen LogP contribution in [0.5, 0.6) is 0 Å². The molecule has 0 bridgehead atoms. The van der Waals surface area contributed by atoms with Crippen LogP contribution in [-0.4, -0.2) is 16.3 Å². The van der Waals surface area contributed by atoms with E-state index < -0.39 is 0 Å². The number of thioether (sulfide) groups is 1. The maximum absolute atomic E-state index is 5.63. The summed E-state index contributed by atoms with van der Waals surface area (Å²) in [6, 6.07) is 8.89. The summed E-state index contributed by atoms with van der Waals surface area (Å²) in [4.78, 5) is 4.63. The summed E-state index contributed by atoms with van der Waals surface area (Å²) in [6.45, 7) is 4.49. The van der Waals surface area contributed by atoms with E-state index in [1.54, 1.807) is 0 Å². The zero-order chi connectivity index (χ0) is 15.8. The molecule has 0 radical (unpaired) electrons. The van der Waals surface area contributed by atoms with Crippen molar-refractivity contribution in [1.29, 1.82) is 0 Å². The summed E-state index contributed by atoms with van der Waals surface area (Å²) in [5.41, 5.74) is 6.77. The highest BCUT2D eigenvalue weighted by Crippen LogP contribution is 2.33. The van der Waals surface area contributed by atoms with Crippen LogP contribution in [0.15, 0.2) is 28.6 Å². The molecule has 1 heterocycles. The van der Waals surface area contributed by atoms with Crippen LogP contribution < -0.4 is 5.73 Å². The molecule has 1 aliphatic rings. The molecule has 0 saturated heterocycles. The molecular formula is C18H28N2S2. The fourth-order valence-electron chi connectivity index (χ4n) is 2.63. The van der Waals surface area contributed by atoms with Crippen molar-refractivity contribution >= 4 is 33.3 Å². The molecule has 0 unspecified atom stereocenters. The molecule has 2 nitrogen and oxygen atoms in total. The second-order valence-electron chi connectivity index (χ2n) is 5.90. The number of benzene rings is 1. The van der Waals surface area contributed by atoms with Gasteiger partial charge >= 0.3 is 0 Å². The van der Waals surface area contributed by atoms with Gasteiger partial charge < -0.3 is 5.73 Å². The number of thiazole rings is 1. The van der Waals surface area contributed by atoms with E-state index in [9.17, 15) is 0 Å². The van der Waals surface area contributed by atoms with Gasteiger partial charge in [0.15, 0.2) is 4.34 Å². The number of rotatable bonds is 4. The zero-order valence-corrected chi connectivity index (χ0v) is 15.4. The summed E-state index contributed by atoms with van der Waals surface area (Å²) < 4.78 is 2.51. The Balaban J connectivity index is 0.000000211. The third kappa shape index (κ3) is 5.56. The Morgan fingerprint density at radius 3 is 2.41 bits per heavy atom. The smallest absolute Gasteiger partial charge is 0.151 e. The lowest BCUT2D eigenvalue weighted by Gasteiger charge is -2.15. The SMILES string of the molecule is CCC(CC)Sc1nc2ccccc2s1.NC1CCCCC1. The number of para-hydroxylation sites is 1. The van der Waals surface area contributed by atoms with Crippen LogP contribution in [0.25, 0.3) is 10.2 Å². The Morgan fingerprint density at radius 2 is 1.86 bits per heavy atom. The molecule has 22 heavy (non-hydrogen) atoms. The lowest BCUT2D eigenvalue weighted by Crippen LogP contribution is -2.22. The summed E-state index contributed by atoms with van der Waals surface area (Å²) in [6.07, 6.45) is 9.10. The van der Waals surface area contributed by atoms with E-state index in [1.165, 1.54) is 54.0 Å². The van der Waals surface area contributed by atoms with Gasteiger partial charge in [-0.15, -0.1) is 11.3 Å². The molecule has 2 N–H and O–H groups in total. The molecule has 0 spiro atoms. The van der Waals surface area contributed by atoms with Crippen LogP contribution in [-0.2, 0) is 0 Å². The molecular weight excluding hydrogens is 308 g/mol. The van der Waals surface area contributed by atoms with Gasteiger partial charge in [-0.05, 0) is 37.8 Å². The maximum atomic E-state index is 5.63. The monoisotopic (exact) mass is 336 g/mol. The summed E-state index contributed by atoms with van der Waals surface area (Å²) in [5, 5.41) is 0.713. The summed E-state index contributed by atoms with van der Waals surface area (Å²) >= 11 is 3.73. The van der Waals surface area contributed by atoms with Gasteiger partial charge in [0.05, 0.1) is 10.2 Å². The van der Waals surface area contributed by atoms with Crippen LogP contribution in [0.1, 0.15) is 58.8 Å². The van der Waals surface area contributed by atoms with Crippen LogP contribution in [0.3, 0.4) is 0 Å². The Morgan fingerprint density at radius 1 is 1.18 bits per heavy atom. The first-order valence-corrected chi connectivity index (χ1v) is 10.2. The second kappa shape index (κ2) is 9.53. The molecule has 2 aromatic rings. The average Bonchev–Trinajstić information content (AvgIpc) is 2.96. The molecule has 1 fully saturated rings. The molecule has 0 amide bonds. The van der Waals surface area contributed by atoms with Gasteiger partial charge in [0.2, 0.25) is 0 Å². The third-order valence-electron chi connectivity index (χ3n) is 4.10. The first-order valence-electron chi connectivity index (χ1n) is 8.50. The highest BCUT2D eigenvalue weighted by atomic mass is 32.2. The molecule has 4 heteroatoms. The second-order valence-corrected chi connectivity index (χ2v) is 8.48. The van der Waals surface area contributed by atoms with Crippen LogP contribution >= 0.6 is 23.1 Å². The number of hydrogen-bond donors (Lipinski definition) is 1. The number of fused-ring (bicyclic) bond motifs is 1. The summed E-state index contributed by atoms with van der Waals surface area (Å²) in [5.74, 6) is 0. The largest absolute Gasteiger partial charge is 0.328 e. The van der Waals surface area contributed by atoms with Crippen molar-refractivity contribution in [2.75, 3.05) is 0 Å². The number of aromatic nitrogens is 1. The fourth-order valence-corrected chi connectivity index (χ4v) is 4.97. The normalized spacial score (nSPS) is 15.8. The minimum atomic E-state index is 0.536. The lowest BCUT2D eigenvalue weighted by atomic mass is 9.97. The highest BCUT2D eigenvalue weighted by molar-refractivity contribution is 8.01.